The number of para-hydroxylation sites is 1. The van der Waals surface area contributed by atoms with Crippen molar-refractivity contribution in [2.75, 3.05) is 5.32 Å². The first-order valence-electron chi connectivity index (χ1n) is 5.93. The number of benzene rings is 1. The number of anilines is 2. The highest BCUT2D eigenvalue weighted by Crippen LogP contribution is 2.27. The smallest absolute Gasteiger partial charge is 0.163 e. The molecule has 0 saturated heterocycles. The van der Waals surface area contributed by atoms with Gasteiger partial charge in [0.25, 0.3) is 0 Å². The molecule has 5 nitrogen and oxygen atoms in total. The normalized spacial score (nSPS) is 11.0. The number of halogens is 2. The van der Waals surface area contributed by atoms with Crippen LogP contribution in [0.25, 0.3) is 11.0 Å². The molecule has 1 aromatic carbocycles. The Hall–Kier alpha value is -2.57. The summed E-state index contributed by atoms with van der Waals surface area (Å²) in [5.74, 6) is -1.04. The predicted octanol–water partition coefficient (Wildman–Crippen LogP) is 2.69. The van der Waals surface area contributed by atoms with Crippen LogP contribution >= 0.6 is 0 Å². The molecule has 0 fully saturated rings. The molecule has 0 amide bonds. The fraction of sp³-hybridized carbons (Fsp3) is 0.154. The van der Waals surface area contributed by atoms with Gasteiger partial charge in [-0.05, 0) is 19.1 Å². The van der Waals surface area contributed by atoms with E-state index in [9.17, 15) is 8.78 Å². The van der Waals surface area contributed by atoms with Gasteiger partial charge in [0.05, 0.1) is 11.1 Å². The molecule has 0 saturated carbocycles. The van der Waals surface area contributed by atoms with Gasteiger partial charge in [-0.15, -0.1) is 0 Å². The Balaban J connectivity index is 2.16. The summed E-state index contributed by atoms with van der Waals surface area (Å²) in [6.45, 7) is 1.79. The van der Waals surface area contributed by atoms with Crippen LogP contribution < -0.4 is 5.32 Å². The monoisotopic (exact) mass is 275 g/mol. The number of fused-ring (bicyclic) bond motifs is 1. The molecule has 7 heteroatoms. The molecule has 3 aromatic rings. The molecular weight excluding hydrogens is 264 g/mol. The number of nitrogens with zero attached hydrogens (tertiary/aromatic N) is 4. The van der Waals surface area contributed by atoms with E-state index in [0.29, 0.717) is 22.5 Å². The Kier molecular flexibility index (Phi) is 2.81. The van der Waals surface area contributed by atoms with E-state index in [1.807, 2.05) is 0 Å². The zero-order valence-corrected chi connectivity index (χ0v) is 10.9. The first-order valence-corrected chi connectivity index (χ1v) is 5.93. The standard InChI is InChI=1S/C13H11F2N5/c1-7-10-12(16-6-17-13(10)20(2)19-7)18-11-8(14)4-3-5-9(11)15/h3-6H,1-2H3,(H,16,17,18). The van der Waals surface area contributed by atoms with Crippen molar-refractivity contribution >= 4 is 22.5 Å². The van der Waals surface area contributed by atoms with Crippen molar-refractivity contribution in [2.45, 2.75) is 6.92 Å². The van der Waals surface area contributed by atoms with Crippen LogP contribution in [-0.2, 0) is 7.05 Å². The minimum Gasteiger partial charge on any atom is -0.335 e. The van der Waals surface area contributed by atoms with Crippen molar-refractivity contribution < 1.29 is 8.78 Å². The lowest BCUT2D eigenvalue weighted by Crippen LogP contribution is -2.01. The summed E-state index contributed by atoms with van der Waals surface area (Å²) in [5.41, 5.74) is 1.04. The topological polar surface area (TPSA) is 55.6 Å². The fourth-order valence-corrected chi connectivity index (χ4v) is 2.11. The summed E-state index contributed by atoms with van der Waals surface area (Å²) in [5, 5.41) is 7.54. The highest BCUT2D eigenvalue weighted by atomic mass is 19.1. The highest BCUT2D eigenvalue weighted by Gasteiger charge is 2.15. The van der Waals surface area contributed by atoms with Crippen LogP contribution in [0.2, 0.25) is 0 Å². The Labute approximate surface area is 113 Å². The van der Waals surface area contributed by atoms with Crippen molar-refractivity contribution in [3.05, 3.63) is 41.9 Å². The SMILES string of the molecule is Cc1nn(C)c2ncnc(Nc3c(F)cccc3F)c12. The van der Waals surface area contributed by atoms with Crippen molar-refractivity contribution in [3.63, 3.8) is 0 Å². The average Bonchev–Trinajstić information content (AvgIpc) is 2.71. The van der Waals surface area contributed by atoms with Gasteiger partial charge in [0.2, 0.25) is 0 Å². The van der Waals surface area contributed by atoms with Crippen LogP contribution in [0.1, 0.15) is 5.69 Å². The molecule has 2 aromatic heterocycles. The van der Waals surface area contributed by atoms with E-state index in [-0.39, 0.29) is 5.69 Å². The quantitative estimate of drug-likeness (QED) is 0.781. The number of nitrogens with one attached hydrogen (secondary N) is 1. The van der Waals surface area contributed by atoms with Crippen LogP contribution in [0, 0.1) is 18.6 Å². The molecule has 0 aliphatic heterocycles. The number of aromatic nitrogens is 4. The van der Waals surface area contributed by atoms with E-state index in [4.69, 9.17) is 0 Å². The molecule has 0 bridgehead atoms. The van der Waals surface area contributed by atoms with Crippen LogP contribution in [0.3, 0.4) is 0 Å². The molecule has 102 valence electrons. The van der Waals surface area contributed by atoms with E-state index in [2.05, 4.69) is 20.4 Å². The van der Waals surface area contributed by atoms with Crippen molar-refractivity contribution in [1.82, 2.24) is 19.7 Å². The van der Waals surface area contributed by atoms with Gasteiger partial charge in [0.1, 0.15) is 29.5 Å². The van der Waals surface area contributed by atoms with Crippen LogP contribution in [0.4, 0.5) is 20.3 Å². The van der Waals surface area contributed by atoms with Gasteiger partial charge in [-0.2, -0.15) is 5.10 Å². The molecule has 20 heavy (non-hydrogen) atoms. The number of hydrogen-bond donors (Lipinski definition) is 1. The van der Waals surface area contributed by atoms with Gasteiger partial charge in [0.15, 0.2) is 5.65 Å². The van der Waals surface area contributed by atoms with Crippen LogP contribution in [-0.4, -0.2) is 19.7 Å². The van der Waals surface area contributed by atoms with Crippen LogP contribution in [0.5, 0.6) is 0 Å². The molecule has 3 rings (SSSR count). The lowest BCUT2D eigenvalue weighted by Gasteiger charge is -2.08. The Morgan fingerprint density at radius 2 is 1.85 bits per heavy atom. The van der Waals surface area contributed by atoms with Gasteiger partial charge in [-0.3, -0.25) is 4.68 Å². The van der Waals surface area contributed by atoms with Gasteiger partial charge < -0.3 is 5.32 Å². The lowest BCUT2D eigenvalue weighted by atomic mass is 10.2. The molecular formula is C13H11F2N5. The summed E-state index contributed by atoms with van der Waals surface area (Å²) in [6, 6.07) is 3.67. The van der Waals surface area contributed by atoms with Crippen molar-refractivity contribution in [3.8, 4) is 0 Å². The Morgan fingerprint density at radius 3 is 2.55 bits per heavy atom. The zero-order chi connectivity index (χ0) is 14.3. The third-order valence-electron chi connectivity index (χ3n) is 3.00. The molecule has 0 unspecified atom stereocenters. The summed E-state index contributed by atoms with van der Waals surface area (Å²) in [4.78, 5) is 8.16. The first kappa shape index (κ1) is 12.5. The maximum atomic E-state index is 13.7. The van der Waals surface area contributed by atoms with E-state index in [1.165, 1.54) is 24.5 Å². The van der Waals surface area contributed by atoms with Gasteiger partial charge in [-0.1, -0.05) is 6.07 Å². The minimum absolute atomic E-state index is 0.240. The average molecular weight is 275 g/mol. The lowest BCUT2D eigenvalue weighted by molar-refractivity contribution is 0.590. The van der Waals surface area contributed by atoms with Crippen molar-refractivity contribution in [2.24, 2.45) is 7.05 Å². The molecule has 0 spiro atoms. The summed E-state index contributed by atoms with van der Waals surface area (Å²) in [6.07, 6.45) is 1.32. The largest absolute Gasteiger partial charge is 0.335 e. The van der Waals surface area contributed by atoms with E-state index < -0.39 is 11.6 Å². The minimum atomic E-state index is -0.682. The van der Waals surface area contributed by atoms with Gasteiger partial charge in [0, 0.05) is 7.05 Å². The van der Waals surface area contributed by atoms with E-state index >= 15 is 0 Å². The van der Waals surface area contributed by atoms with E-state index in [1.54, 1.807) is 18.7 Å². The molecule has 2 heterocycles. The second-order valence-corrected chi connectivity index (χ2v) is 4.35. The number of aryl methyl sites for hydroxylation is 2. The fourth-order valence-electron chi connectivity index (χ4n) is 2.11. The number of rotatable bonds is 2. The summed E-state index contributed by atoms with van der Waals surface area (Å²) in [7, 11) is 1.75. The second kappa shape index (κ2) is 4.52. The van der Waals surface area contributed by atoms with Gasteiger partial charge in [-0.25, -0.2) is 18.7 Å². The van der Waals surface area contributed by atoms with Gasteiger partial charge >= 0.3 is 0 Å². The molecule has 1 N–H and O–H groups in total. The maximum absolute atomic E-state index is 13.7. The van der Waals surface area contributed by atoms with Crippen molar-refractivity contribution in [1.29, 1.82) is 0 Å². The molecule has 0 aliphatic carbocycles. The summed E-state index contributed by atoms with van der Waals surface area (Å²) < 4.78 is 28.9. The molecule has 0 aliphatic rings. The summed E-state index contributed by atoms with van der Waals surface area (Å²) >= 11 is 0. The highest BCUT2D eigenvalue weighted by molar-refractivity contribution is 5.90. The van der Waals surface area contributed by atoms with E-state index in [0.717, 1.165) is 0 Å². The predicted molar refractivity (Wildman–Crippen MR) is 70.7 cm³/mol. The zero-order valence-electron chi connectivity index (χ0n) is 10.9. The Bertz CT molecular complexity index is 777. The Morgan fingerprint density at radius 1 is 1.15 bits per heavy atom. The molecule has 0 radical (unpaired) electrons. The third-order valence-corrected chi connectivity index (χ3v) is 3.00. The first-order chi connectivity index (χ1) is 9.58. The van der Waals surface area contributed by atoms with Crippen LogP contribution in [0.15, 0.2) is 24.5 Å². The molecule has 0 atom stereocenters. The number of hydrogen-bond acceptors (Lipinski definition) is 4. The second-order valence-electron chi connectivity index (χ2n) is 4.35. The maximum Gasteiger partial charge on any atom is 0.163 e. The third kappa shape index (κ3) is 1.87.